The minimum Gasteiger partial charge on any atom is -0.389 e. The molecule has 0 fully saturated rings. The highest BCUT2D eigenvalue weighted by atomic mass is 32.2. The summed E-state index contributed by atoms with van der Waals surface area (Å²) in [5.74, 6) is 0. The van der Waals surface area contributed by atoms with Crippen molar-refractivity contribution in [2.45, 2.75) is 16.3 Å². The Hall–Kier alpha value is -4.65. The van der Waals surface area contributed by atoms with E-state index in [9.17, 15) is 31.2 Å². The Bertz CT molecular complexity index is 2100. The van der Waals surface area contributed by atoms with Gasteiger partial charge in [0.1, 0.15) is 25.9 Å². The maximum atomic E-state index is 12.1. The minimum atomic E-state index is -4.83. The lowest BCUT2D eigenvalue weighted by Crippen LogP contribution is -2.03. The van der Waals surface area contributed by atoms with E-state index in [-0.39, 0.29) is 32.0 Å². The fourth-order valence-corrected chi connectivity index (χ4v) is 6.63. The minimum absolute atomic E-state index is 0.136. The molecule has 0 saturated heterocycles. The topological polar surface area (TPSA) is 195 Å². The standard InChI is InChI=1S/C28H21N5O6S3/c29-15-23-26(18-9-11-19(12-10-18)31-16-17-5-2-1-3-6-17)28(40-27(23)30)33-32-20-13-22-21(25(14-20)42(37,38)39)7-4-8-24(22)41(34,35)36/h1-14,31H,16,30H2,(H,34,35,36)(H,37,38,39)/b33-32+. The first-order chi connectivity index (χ1) is 20.0. The van der Waals surface area contributed by atoms with Gasteiger partial charge in [0.25, 0.3) is 20.2 Å². The molecule has 5 rings (SSSR count). The summed E-state index contributed by atoms with van der Waals surface area (Å²) in [5, 5.41) is 21.5. The van der Waals surface area contributed by atoms with Crippen LogP contribution < -0.4 is 11.1 Å². The van der Waals surface area contributed by atoms with Crippen LogP contribution in [0.1, 0.15) is 11.1 Å². The summed E-state index contributed by atoms with van der Waals surface area (Å²) in [7, 11) is -9.58. The van der Waals surface area contributed by atoms with Crippen molar-refractivity contribution in [2.75, 3.05) is 11.1 Å². The molecule has 42 heavy (non-hydrogen) atoms. The molecule has 0 spiro atoms. The van der Waals surface area contributed by atoms with Gasteiger partial charge in [0.2, 0.25) is 0 Å². The molecule has 0 atom stereocenters. The van der Waals surface area contributed by atoms with Crippen LogP contribution in [0.15, 0.2) is 105 Å². The van der Waals surface area contributed by atoms with Crippen molar-refractivity contribution >= 4 is 63.7 Å². The Kier molecular flexibility index (Phi) is 7.78. The average Bonchev–Trinajstić information content (AvgIpc) is 3.28. The zero-order valence-electron chi connectivity index (χ0n) is 21.5. The second-order valence-corrected chi connectivity index (χ2v) is 12.8. The van der Waals surface area contributed by atoms with Crippen molar-refractivity contribution in [3.8, 4) is 17.2 Å². The van der Waals surface area contributed by atoms with Crippen LogP contribution in [0.4, 0.5) is 21.4 Å². The smallest absolute Gasteiger partial charge is 0.295 e. The van der Waals surface area contributed by atoms with Crippen molar-refractivity contribution in [1.29, 1.82) is 5.26 Å². The van der Waals surface area contributed by atoms with Crippen LogP contribution in [-0.4, -0.2) is 25.9 Å². The van der Waals surface area contributed by atoms with Gasteiger partial charge in [0.15, 0.2) is 0 Å². The maximum Gasteiger partial charge on any atom is 0.295 e. The van der Waals surface area contributed by atoms with Crippen LogP contribution in [0.25, 0.3) is 21.9 Å². The number of nitrogen functional groups attached to an aromatic ring is 1. The number of fused-ring (bicyclic) bond motifs is 1. The summed E-state index contributed by atoms with van der Waals surface area (Å²) >= 11 is 0.988. The van der Waals surface area contributed by atoms with Crippen LogP contribution in [0.2, 0.25) is 0 Å². The van der Waals surface area contributed by atoms with Gasteiger partial charge >= 0.3 is 0 Å². The maximum absolute atomic E-state index is 12.1. The molecule has 1 heterocycles. The third-order valence-electron chi connectivity index (χ3n) is 6.26. The van der Waals surface area contributed by atoms with Gasteiger partial charge in [-0.05, 0) is 41.5 Å². The van der Waals surface area contributed by atoms with E-state index >= 15 is 0 Å². The number of nitrogens with two attached hydrogens (primary N) is 1. The molecule has 212 valence electrons. The fraction of sp³-hybridized carbons (Fsp3) is 0.0357. The molecule has 0 aliphatic heterocycles. The zero-order chi connectivity index (χ0) is 30.1. The Labute approximate surface area is 245 Å². The molecule has 0 saturated carbocycles. The summed E-state index contributed by atoms with van der Waals surface area (Å²) in [5.41, 5.74) is 9.14. The largest absolute Gasteiger partial charge is 0.389 e. The lowest BCUT2D eigenvalue weighted by Gasteiger charge is -2.09. The van der Waals surface area contributed by atoms with Crippen LogP contribution in [0.5, 0.6) is 0 Å². The second kappa shape index (κ2) is 11.3. The average molecular weight is 620 g/mol. The number of nitriles is 1. The normalized spacial score (nSPS) is 12.0. The lowest BCUT2D eigenvalue weighted by molar-refractivity contribution is 0.481. The highest BCUT2D eigenvalue weighted by Crippen LogP contribution is 2.45. The van der Waals surface area contributed by atoms with Crippen LogP contribution in [-0.2, 0) is 26.8 Å². The first-order valence-corrected chi connectivity index (χ1v) is 15.8. The predicted octanol–water partition coefficient (Wildman–Crippen LogP) is 6.54. The molecule has 0 aliphatic rings. The monoisotopic (exact) mass is 619 g/mol. The Morgan fingerprint density at radius 1 is 0.833 bits per heavy atom. The van der Waals surface area contributed by atoms with E-state index in [1.807, 2.05) is 42.5 Å². The predicted molar refractivity (Wildman–Crippen MR) is 160 cm³/mol. The number of nitrogens with zero attached hydrogens (tertiary/aromatic N) is 3. The highest BCUT2D eigenvalue weighted by Gasteiger charge is 2.22. The number of nitrogens with one attached hydrogen (secondary N) is 1. The highest BCUT2D eigenvalue weighted by molar-refractivity contribution is 7.86. The van der Waals surface area contributed by atoms with Gasteiger partial charge in [0, 0.05) is 28.6 Å². The summed E-state index contributed by atoms with van der Waals surface area (Å²) < 4.78 is 67.7. The number of azo groups is 1. The zero-order valence-corrected chi connectivity index (χ0v) is 23.9. The molecule has 4 aromatic carbocycles. The number of benzene rings is 4. The quantitative estimate of drug-likeness (QED) is 0.110. The molecule has 5 N–H and O–H groups in total. The van der Waals surface area contributed by atoms with Crippen molar-refractivity contribution in [1.82, 2.24) is 0 Å². The summed E-state index contributed by atoms with van der Waals surface area (Å²) in [6.07, 6.45) is 0. The Balaban J connectivity index is 1.55. The number of hydrogen-bond donors (Lipinski definition) is 4. The third kappa shape index (κ3) is 6.00. The first-order valence-electron chi connectivity index (χ1n) is 12.1. The number of anilines is 2. The van der Waals surface area contributed by atoms with Gasteiger partial charge in [-0.25, -0.2) is 0 Å². The Morgan fingerprint density at radius 2 is 1.52 bits per heavy atom. The van der Waals surface area contributed by atoms with E-state index in [2.05, 4.69) is 21.6 Å². The summed E-state index contributed by atoms with van der Waals surface area (Å²) in [6, 6.07) is 25.0. The van der Waals surface area contributed by atoms with E-state index in [0.717, 1.165) is 34.7 Å². The summed E-state index contributed by atoms with van der Waals surface area (Å²) in [4.78, 5) is -1.20. The molecule has 0 amide bonds. The molecule has 11 nitrogen and oxygen atoms in total. The first kappa shape index (κ1) is 28.9. The lowest BCUT2D eigenvalue weighted by atomic mass is 10.0. The van der Waals surface area contributed by atoms with Crippen molar-refractivity contribution < 1.29 is 25.9 Å². The second-order valence-electron chi connectivity index (χ2n) is 9.00. The van der Waals surface area contributed by atoms with Crippen LogP contribution in [0.3, 0.4) is 0 Å². The van der Waals surface area contributed by atoms with E-state index in [0.29, 0.717) is 17.7 Å². The van der Waals surface area contributed by atoms with Gasteiger partial charge in [-0.3, -0.25) is 9.11 Å². The molecule has 0 unspecified atom stereocenters. The van der Waals surface area contributed by atoms with Crippen molar-refractivity contribution in [3.05, 3.63) is 96.1 Å². The molecule has 14 heteroatoms. The van der Waals surface area contributed by atoms with E-state index < -0.39 is 30.0 Å². The number of rotatable bonds is 8. The third-order valence-corrected chi connectivity index (χ3v) is 8.97. The van der Waals surface area contributed by atoms with Crippen molar-refractivity contribution in [3.63, 3.8) is 0 Å². The van der Waals surface area contributed by atoms with E-state index in [1.54, 1.807) is 12.1 Å². The number of thiophene rings is 1. The SMILES string of the molecule is N#Cc1c(N)sc(/N=N/c2cc(S(=O)(=O)O)c3cccc(S(=O)(=O)O)c3c2)c1-c1ccc(NCc2ccccc2)cc1. The fourth-order valence-electron chi connectivity index (χ4n) is 4.35. The molecule has 5 aromatic rings. The van der Waals surface area contributed by atoms with Crippen LogP contribution >= 0.6 is 11.3 Å². The van der Waals surface area contributed by atoms with Gasteiger partial charge in [-0.1, -0.05) is 65.9 Å². The van der Waals surface area contributed by atoms with Gasteiger partial charge in [0.05, 0.1) is 11.3 Å². The molecule has 0 aliphatic carbocycles. The van der Waals surface area contributed by atoms with Crippen molar-refractivity contribution in [2.24, 2.45) is 10.2 Å². The Morgan fingerprint density at radius 3 is 2.17 bits per heavy atom. The van der Waals surface area contributed by atoms with Gasteiger partial charge < -0.3 is 11.1 Å². The van der Waals surface area contributed by atoms with Gasteiger partial charge in [-0.2, -0.15) is 22.1 Å². The molecular formula is C28H21N5O6S3. The molecule has 0 bridgehead atoms. The van der Waals surface area contributed by atoms with Gasteiger partial charge in [-0.15, -0.1) is 10.2 Å². The number of hydrogen-bond acceptors (Lipinski definition) is 10. The van der Waals surface area contributed by atoms with E-state index in [4.69, 9.17) is 5.73 Å². The van der Waals surface area contributed by atoms with E-state index in [1.165, 1.54) is 18.2 Å². The molecule has 0 radical (unpaired) electrons. The van der Waals surface area contributed by atoms with Crippen LogP contribution in [0, 0.1) is 11.3 Å². The summed E-state index contributed by atoms with van der Waals surface area (Å²) in [6.45, 7) is 0.616. The molecular weight excluding hydrogens is 599 g/mol. The molecule has 1 aromatic heterocycles.